The molecule has 35 heavy (non-hydrogen) atoms. The maximum Gasteiger partial charge on any atom is 0.435 e. The number of nitrogens with one attached hydrogen (secondary N) is 1. The van der Waals surface area contributed by atoms with Gasteiger partial charge < -0.3 is 15.1 Å². The monoisotopic (exact) mass is 489 g/mol. The number of carbonyl (C=O) groups excluding carboxylic acids is 3. The van der Waals surface area contributed by atoms with E-state index in [0.717, 1.165) is 23.8 Å². The second-order valence-corrected chi connectivity index (χ2v) is 8.82. The summed E-state index contributed by atoms with van der Waals surface area (Å²) in [7, 11) is 2.92. The molecule has 1 saturated heterocycles. The fourth-order valence-corrected chi connectivity index (χ4v) is 4.30. The summed E-state index contributed by atoms with van der Waals surface area (Å²) in [6.07, 6.45) is -2.21. The van der Waals surface area contributed by atoms with Gasteiger partial charge in [0.1, 0.15) is 0 Å². The van der Waals surface area contributed by atoms with E-state index in [1.54, 1.807) is 24.3 Å². The van der Waals surface area contributed by atoms with Crippen molar-refractivity contribution in [1.29, 1.82) is 0 Å². The van der Waals surface area contributed by atoms with Gasteiger partial charge >= 0.3 is 12.2 Å². The van der Waals surface area contributed by atoms with Gasteiger partial charge in [-0.2, -0.15) is 18.3 Å². The predicted octanol–water partition coefficient (Wildman–Crippen LogP) is 2.27. The summed E-state index contributed by atoms with van der Waals surface area (Å²) in [5.41, 5.74) is 0.473. The number of urea groups is 1. The van der Waals surface area contributed by atoms with Gasteiger partial charge in [0.25, 0.3) is 5.91 Å². The van der Waals surface area contributed by atoms with Gasteiger partial charge in [-0.3, -0.25) is 14.5 Å². The maximum absolute atomic E-state index is 13.2. The van der Waals surface area contributed by atoms with E-state index in [1.165, 1.54) is 34.9 Å². The molecule has 0 bridgehead atoms. The molecule has 2 atom stereocenters. The second kappa shape index (κ2) is 8.10. The highest BCUT2D eigenvalue weighted by atomic mass is 19.4. The minimum absolute atomic E-state index is 0.0554. The number of aromatic nitrogens is 2. The number of hydrogen-bond donors (Lipinski definition) is 1. The summed E-state index contributed by atoms with van der Waals surface area (Å²) in [5.74, 6) is -0.812. The zero-order valence-corrected chi connectivity index (χ0v) is 18.9. The molecular weight excluding hydrogens is 467 g/mol. The standard InChI is InChI=1S/C22H22F3N7O3/c1-29-19-18(20(34)30(2)21(29)35)31(11-26-19)10-17(33)27-13-5-7-14(8-6-13)32-15(12-3-4-12)9-16(28-32)22(23,24)25/h5-9,11-12,18-19H,3-4,10H2,1-2H3,(H,27,33). The quantitative estimate of drug-likeness (QED) is 0.694. The average molecular weight is 489 g/mol. The van der Waals surface area contributed by atoms with E-state index in [2.05, 4.69) is 15.4 Å². The van der Waals surface area contributed by atoms with Crippen LogP contribution in [0.4, 0.5) is 23.7 Å². The Hall–Kier alpha value is -3.90. The summed E-state index contributed by atoms with van der Waals surface area (Å²) in [4.78, 5) is 45.3. The number of fused-ring (bicyclic) bond motifs is 1. The first kappa shape index (κ1) is 22.9. The molecule has 13 heteroatoms. The van der Waals surface area contributed by atoms with E-state index < -0.39 is 41.9 Å². The highest BCUT2D eigenvalue weighted by molar-refractivity contribution is 6.02. The number of amides is 4. The van der Waals surface area contributed by atoms with Crippen molar-refractivity contribution >= 4 is 29.9 Å². The molecule has 1 saturated carbocycles. The Morgan fingerprint density at radius 3 is 2.46 bits per heavy atom. The fourth-order valence-electron chi connectivity index (χ4n) is 4.30. The molecule has 0 radical (unpaired) electrons. The lowest BCUT2D eigenvalue weighted by molar-refractivity contribution is -0.141. The van der Waals surface area contributed by atoms with Crippen molar-refractivity contribution in [3.63, 3.8) is 0 Å². The van der Waals surface area contributed by atoms with Crippen molar-refractivity contribution in [2.45, 2.75) is 37.1 Å². The number of halogens is 3. The Balaban J connectivity index is 1.27. The summed E-state index contributed by atoms with van der Waals surface area (Å²) < 4.78 is 40.8. The number of nitrogens with zero attached hydrogens (tertiary/aromatic N) is 6. The number of aliphatic imine (C=N–C) groups is 1. The number of rotatable bonds is 5. The lowest BCUT2D eigenvalue weighted by Gasteiger charge is -2.39. The molecular formula is C22H22F3N7O3. The van der Waals surface area contributed by atoms with E-state index >= 15 is 0 Å². The predicted molar refractivity (Wildman–Crippen MR) is 118 cm³/mol. The van der Waals surface area contributed by atoms with Gasteiger partial charge in [0.15, 0.2) is 17.9 Å². The molecule has 10 nitrogen and oxygen atoms in total. The molecule has 2 aliphatic heterocycles. The summed E-state index contributed by atoms with van der Waals surface area (Å²) >= 11 is 0. The van der Waals surface area contributed by atoms with Crippen molar-refractivity contribution in [2.24, 2.45) is 4.99 Å². The topological polar surface area (TPSA) is 103 Å². The van der Waals surface area contributed by atoms with Gasteiger partial charge in [0.2, 0.25) is 5.91 Å². The van der Waals surface area contributed by atoms with E-state index in [1.807, 2.05) is 0 Å². The first-order valence-corrected chi connectivity index (χ1v) is 11.0. The highest BCUT2D eigenvalue weighted by Crippen LogP contribution is 2.43. The van der Waals surface area contributed by atoms with Gasteiger partial charge in [-0.1, -0.05) is 0 Å². The maximum atomic E-state index is 13.2. The van der Waals surface area contributed by atoms with Crippen LogP contribution in [0.5, 0.6) is 0 Å². The number of hydrogen-bond acceptors (Lipinski definition) is 6. The zero-order valence-electron chi connectivity index (χ0n) is 18.9. The van der Waals surface area contributed by atoms with Gasteiger partial charge in [0, 0.05) is 31.4 Å². The van der Waals surface area contributed by atoms with Crippen LogP contribution in [0.3, 0.4) is 0 Å². The van der Waals surface area contributed by atoms with Crippen molar-refractivity contribution < 1.29 is 27.6 Å². The third kappa shape index (κ3) is 4.10. The van der Waals surface area contributed by atoms with Crippen LogP contribution in [0.15, 0.2) is 35.3 Å². The van der Waals surface area contributed by atoms with Gasteiger partial charge in [-0.25, -0.2) is 14.5 Å². The number of imide groups is 1. The smallest absolute Gasteiger partial charge is 0.338 e. The molecule has 184 valence electrons. The molecule has 4 amide bonds. The molecule has 1 N–H and O–H groups in total. The van der Waals surface area contributed by atoms with E-state index in [0.29, 0.717) is 17.1 Å². The number of likely N-dealkylation sites (N-methyl/N-ethyl adjacent to an activating group) is 2. The van der Waals surface area contributed by atoms with Crippen LogP contribution in [0.2, 0.25) is 0 Å². The van der Waals surface area contributed by atoms with Crippen LogP contribution < -0.4 is 5.32 Å². The molecule has 5 rings (SSSR count). The lowest BCUT2D eigenvalue weighted by Crippen LogP contribution is -2.64. The Morgan fingerprint density at radius 1 is 1.14 bits per heavy atom. The first-order chi connectivity index (χ1) is 16.5. The van der Waals surface area contributed by atoms with E-state index in [9.17, 15) is 27.6 Å². The third-order valence-corrected chi connectivity index (χ3v) is 6.32. The summed E-state index contributed by atoms with van der Waals surface area (Å²) in [6.45, 7) is -0.173. The average Bonchev–Trinajstić information content (AvgIpc) is 3.41. The fraction of sp³-hybridized carbons (Fsp3) is 0.409. The van der Waals surface area contributed by atoms with Gasteiger partial charge in [-0.15, -0.1) is 0 Å². The van der Waals surface area contributed by atoms with Gasteiger partial charge in [0.05, 0.1) is 18.6 Å². The molecule has 2 fully saturated rings. The Labute approximate surface area is 198 Å². The molecule has 2 aromatic rings. The Kier molecular flexibility index (Phi) is 5.29. The van der Waals surface area contributed by atoms with E-state index in [4.69, 9.17) is 0 Å². The minimum Gasteiger partial charge on any atom is -0.338 e. The van der Waals surface area contributed by atoms with Crippen LogP contribution >= 0.6 is 0 Å². The van der Waals surface area contributed by atoms with Crippen LogP contribution in [0, 0.1) is 0 Å². The molecule has 3 heterocycles. The minimum atomic E-state index is -4.53. The Morgan fingerprint density at radius 2 is 1.83 bits per heavy atom. The largest absolute Gasteiger partial charge is 0.435 e. The number of anilines is 1. The van der Waals surface area contributed by atoms with Crippen molar-refractivity contribution in [3.8, 4) is 5.69 Å². The third-order valence-electron chi connectivity index (χ3n) is 6.32. The number of benzene rings is 1. The van der Waals surface area contributed by atoms with Gasteiger partial charge in [-0.05, 0) is 43.2 Å². The van der Waals surface area contributed by atoms with E-state index in [-0.39, 0.29) is 12.5 Å². The highest BCUT2D eigenvalue weighted by Gasteiger charge is 2.48. The summed E-state index contributed by atoms with van der Waals surface area (Å²) in [6, 6.07) is 6.15. The second-order valence-electron chi connectivity index (χ2n) is 8.82. The SMILES string of the molecule is CN1C(=O)C2C(N=CN2CC(=O)Nc2ccc(-n3nc(C(F)(F)F)cc3C3CC3)cc2)N(C)C1=O. The Bertz CT molecular complexity index is 1220. The molecule has 2 unspecified atom stereocenters. The van der Waals surface area contributed by atoms with Crippen LogP contribution in [-0.4, -0.2) is 81.5 Å². The normalized spacial score (nSPS) is 22.1. The van der Waals surface area contributed by atoms with Crippen LogP contribution in [-0.2, 0) is 15.8 Å². The van der Waals surface area contributed by atoms with Crippen LogP contribution in [0.25, 0.3) is 5.69 Å². The summed E-state index contributed by atoms with van der Waals surface area (Å²) in [5, 5.41) is 6.47. The molecule has 1 aromatic heterocycles. The van der Waals surface area contributed by atoms with Crippen LogP contribution in [0.1, 0.15) is 30.1 Å². The first-order valence-electron chi connectivity index (χ1n) is 11.0. The van der Waals surface area contributed by atoms with Crippen molar-refractivity contribution in [2.75, 3.05) is 26.0 Å². The molecule has 3 aliphatic rings. The molecule has 0 spiro atoms. The zero-order chi connectivity index (χ0) is 25.1. The molecule has 1 aliphatic carbocycles. The number of carbonyl (C=O) groups is 3. The lowest BCUT2D eigenvalue weighted by atomic mass is 10.1. The van der Waals surface area contributed by atoms with Crippen molar-refractivity contribution in [3.05, 3.63) is 41.7 Å². The van der Waals surface area contributed by atoms with Crippen molar-refractivity contribution in [1.82, 2.24) is 24.5 Å². The molecule has 1 aromatic carbocycles. The number of alkyl halides is 3.